The second-order valence-electron chi connectivity index (χ2n) is 4.30. The average Bonchev–Trinajstić information content (AvgIpc) is 2.89. The van der Waals surface area contributed by atoms with E-state index in [2.05, 4.69) is 42.5 Å². The summed E-state index contributed by atoms with van der Waals surface area (Å²) in [5, 5.41) is 3.56. The molecule has 1 N–H and O–H groups in total. The van der Waals surface area contributed by atoms with E-state index < -0.39 is 0 Å². The van der Waals surface area contributed by atoms with Crippen LogP contribution in [-0.4, -0.2) is 16.1 Å². The lowest BCUT2D eigenvalue weighted by Gasteiger charge is -2.14. The highest BCUT2D eigenvalue weighted by Crippen LogP contribution is 2.27. The molecule has 2 aromatic heterocycles. The van der Waals surface area contributed by atoms with Crippen LogP contribution in [0.5, 0.6) is 0 Å². The first-order chi connectivity index (χ1) is 8.20. The van der Waals surface area contributed by atoms with Crippen LogP contribution in [0.3, 0.4) is 0 Å². The van der Waals surface area contributed by atoms with Gasteiger partial charge in [-0.05, 0) is 32.0 Å². The maximum atomic E-state index is 4.46. The SMILES string of the molecule is CCCNC(c1cn(C)cn1)c1ccc(C)s1. The molecule has 2 rings (SSSR count). The molecule has 92 valence electrons. The quantitative estimate of drug-likeness (QED) is 0.883. The molecule has 0 fully saturated rings. The predicted octanol–water partition coefficient (Wildman–Crippen LogP) is 2.88. The molecule has 2 heterocycles. The predicted molar refractivity (Wildman–Crippen MR) is 72.4 cm³/mol. The zero-order chi connectivity index (χ0) is 12.3. The standard InChI is InChI=1S/C13H19N3S/c1-4-7-14-13(11-8-16(3)9-15-11)12-6-5-10(2)17-12/h5-6,8-9,13-14H,4,7H2,1-3H3. The number of nitrogens with one attached hydrogen (secondary N) is 1. The lowest BCUT2D eigenvalue weighted by molar-refractivity contribution is 0.595. The molecule has 0 saturated carbocycles. The van der Waals surface area contributed by atoms with E-state index in [-0.39, 0.29) is 6.04 Å². The van der Waals surface area contributed by atoms with Gasteiger partial charge in [-0.25, -0.2) is 4.98 Å². The van der Waals surface area contributed by atoms with Crippen LogP contribution in [-0.2, 0) is 7.05 Å². The molecule has 17 heavy (non-hydrogen) atoms. The average molecular weight is 249 g/mol. The number of aromatic nitrogens is 2. The number of hydrogen-bond donors (Lipinski definition) is 1. The first-order valence-electron chi connectivity index (χ1n) is 5.98. The summed E-state index contributed by atoms with van der Waals surface area (Å²) in [7, 11) is 2.01. The number of aryl methyl sites for hydroxylation is 2. The van der Waals surface area contributed by atoms with Gasteiger partial charge in [0.05, 0.1) is 18.1 Å². The zero-order valence-corrected chi connectivity index (χ0v) is 11.4. The Kier molecular flexibility index (Phi) is 3.97. The van der Waals surface area contributed by atoms with Gasteiger partial charge < -0.3 is 9.88 Å². The van der Waals surface area contributed by atoms with Gasteiger partial charge in [-0.3, -0.25) is 0 Å². The fourth-order valence-corrected chi connectivity index (χ4v) is 2.80. The summed E-state index contributed by atoms with van der Waals surface area (Å²) in [5.74, 6) is 0. The van der Waals surface area contributed by atoms with Crippen molar-refractivity contribution in [3.05, 3.63) is 40.1 Å². The molecule has 0 bridgehead atoms. The second kappa shape index (κ2) is 5.47. The van der Waals surface area contributed by atoms with E-state index in [0.29, 0.717) is 0 Å². The highest BCUT2D eigenvalue weighted by atomic mass is 32.1. The molecular weight excluding hydrogens is 230 g/mol. The molecule has 0 saturated heterocycles. The zero-order valence-electron chi connectivity index (χ0n) is 10.6. The lowest BCUT2D eigenvalue weighted by Crippen LogP contribution is -2.22. The van der Waals surface area contributed by atoms with Crippen LogP contribution in [0, 0.1) is 6.92 Å². The first kappa shape index (κ1) is 12.3. The lowest BCUT2D eigenvalue weighted by atomic mass is 10.2. The van der Waals surface area contributed by atoms with Gasteiger partial charge in [0.15, 0.2) is 0 Å². The van der Waals surface area contributed by atoms with E-state index in [0.717, 1.165) is 18.7 Å². The maximum Gasteiger partial charge on any atom is 0.0947 e. The third-order valence-electron chi connectivity index (χ3n) is 2.66. The molecule has 3 nitrogen and oxygen atoms in total. The molecule has 2 aromatic rings. The minimum atomic E-state index is 0.231. The Balaban J connectivity index is 2.24. The van der Waals surface area contributed by atoms with E-state index in [1.165, 1.54) is 9.75 Å². The summed E-state index contributed by atoms with van der Waals surface area (Å²) in [6, 6.07) is 4.60. The van der Waals surface area contributed by atoms with Crippen molar-refractivity contribution in [2.75, 3.05) is 6.54 Å². The van der Waals surface area contributed by atoms with Crippen LogP contribution in [0.1, 0.15) is 34.8 Å². The highest BCUT2D eigenvalue weighted by Gasteiger charge is 2.17. The largest absolute Gasteiger partial charge is 0.340 e. The normalized spacial score (nSPS) is 12.9. The van der Waals surface area contributed by atoms with Gasteiger partial charge in [0.1, 0.15) is 0 Å². The highest BCUT2D eigenvalue weighted by molar-refractivity contribution is 7.12. The van der Waals surface area contributed by atoms with E-state index in [4.69, 9.17) is 0 Å². The Morgan fingerprint density at radius 1 is 1.47 bits per heavy atom. The fourth-order valence-electron chi connectivity index (χ4n) is 1.83. The van der Waals surface area contributed by atoms with Gasteiger partial charge in [0, 0.05) is 23.0 Å². The monoisotopic (exact) mass is 249 g/mol. The molecule has 0 amide bonds. The number of hydrogen-bond acceptors (Lipinski definition) is 3. The van der Waals surface area contributed by atoms with Crippen molar-refractivity contribution in [1.29, 1.82) is 0 Å². The smallest absolute Gasteiger partial charge is 0.0947 e. The van der Waals surface area contributed by atoms with Crippen molar-refractivity contribution in [2.45, 2.75) is 26.3 Å². The summed E-state index contributed by atoms with van der Waals surface area (Å²) in [6.07, 6.45) is 5.08. The Morgan fingerprint density at radius 2 is 2.29 bits per heavy atom. The summed E-state index contributed by atoms with van der Waals surface area (Å²) < 4.78 is 2.00. The molecule has 0 radical (unpaired) electrons. The van der Waals surface area contributed by atoms with Crippen LogP contribution in [0.2, 0.25) is 0 Å². The topological polar surface area (TPSA) is 29.9 Å². The molecule has 0 aromatic carbocycles. The van der Waals surface area contributed by atoms with Crippen molar-refractivity contribution < 1.29 is 0 Å². The molecule has 4 heteroatoms. The van der Waals surface area contributed by atoms with Gasteiger partial charge in [0.2, 0.25) is 0 Å². The third-order valence-corrected chi connectivity index (χ3v) is 3.73. The van der Waals surface area contributed by atoms with E-state index in [1.54, 1.807) is 0 Å². The Bertz CT molecular complexity index is 432. The van der Waals surface area contributed by atoms with Gasteiger partial charge in [0.25, 0.3) is 0 Å². The van der Waals surface area contributed by atoms with Crippen molar-refractivity contribution >= 4 is 11.3 Å². The van der Waals surface area contributed by atoms with E-state index in [1.807, 2.05) is 29.3 Å². The van der Waals surface area contributed by atoms with Crippen LogP contribution < -0.4 is 5.32 Å². The van der Waals surface area contributed by atoms with Crippen molar-refractivity contribution in [1.82, 2.24) is 14.9 Å². The van der Waals surface area contributed by atoms with Crippen molar-refractivity contribution in [3.63, 3.8) is 0 Å². The Hall–Kier alpha value is -1.13. The van der Waals surface area contributed by atoms with Crippen LogP contribution in [0.4, 0.5) is 0 Å². The molecule has 0 aliphatic rings. The Morgan fingerprint density at radius 3 is 2.82 bits per heavy atom. The number of thiophene rings is 1. The third kappa shape index (κ3) is 2.96. The fraction of sp³-hybridized carbons (Fsp3) is 0.462. The summed E-state index contributed by atoms with van der Waals surface area (Å²) in [4.78, 5) is 7.15. The van der Waals surface area contributed by atoms with Crippen molar-refractivity contribution in [3.8, 4) is 0 Å². The van der Waals surface area contributed by atoms with Gasteiger partial charge in [-0.15, -0.1) is 11.3 Å². The number of nitrogens with zero attached hydrogens (tertiary/aromatic N) is 2. The molecule has 1 atom stereocenters. The minimum absolute atomic E-state index is 0.231. The minimum Gasteiger partial charge on any atom is -0.340 e. The molecular formula is C13H19N3S. The van der Waals surface area contributed by atoms with E-state index in [9.17, 15) is 0 Å². The molecule has 0 aliphatic heterocycles. The summed E-state index contributed by atoms with van der Waals surface area (Å²) in [6.45, 7) is 5.34. The molecule has 0 spiro atoms. The van der Waals surface area contributed by atoms with Crippen LogP contribution in [0.25, 0.3) is 0 Å². The van der Waals surface area contributed by atoms with Crippen molar-refractivity contribution in [2.24, 2.45) is 7.05 Å². The van der Waals surface area contributed by atoms with Crippen LogP contribution in [0.15, 0.2) is 24.7 Å². The maximum absolute atomic E-state index is 4.46. The van der Waals surface area contributed by atoms with Gasteiger partial charge >= 0.3 is 0 Å². The summed E-state index contributed by atoms with van der Waals surface area (Å²) in [5.41, 5.74) is 1.10. The van der Waals surface area contributed by atoms with Gasteiger partial charge in [-0.1, -0.05) is 6.92 Å². The Labute approximate surface area is 107 Å². The van der Waals surface area contributed by atoms with E-state index >= 15 is 0 Å². The first-order valence-corrected chi connectivity index (χ1v) is 6.80. The van der Waals surface area contributed by atoms with Gasteiger partial charge in [-0.2, -0.15) is 0 Å². The molecule has 0 aliphatic carbocycles. The molecule has 1 unspecified atom stereocenters. The number of imidazole rings is 1. The van der Waals surface area contributed by atoms with Crippen LogP contribution >= 0.6 is 11.3 Å². The second-order valence-corrected chi connectivity index (χ2v) is 5.62. The number of rotatable bonds is 5. The summed E-state index contributed by atoms with van der Waals surface area (Å²) >= 11 is 1.84.